The van der Waals surface area contributed by atoms with Gasteiger partial charge in [0.25, 0.3) is 0 Å². The molecule has 0 spiro atoms. The van der Waals surface area contributed by atoms with Crippen LogP contribution in [0.25, 0.3) is 0 Å². The van der Waals surface area contributed by atoms with Gasteiger partial charge in [0, 0.05) is 23.0 Å². The van der Waals surface area contributed by atoms with Gasteiger partial charge >= 0.3 is 0 Å². The van der Waals surface area contributed by atoms with Gasteiger partial charge in [-0.05, 0) is 30.5 Å². The third-order valence-corrected chi connectivity index (χ3v) is 3.40. The number of hydrogen-bond acceptors (Lipinski definition) is 2. The summed E-state index contributed by atoms with van der Waals surface area (Å²) >= 11 is 0. The highest BCUT2D eigenvalue weighted by atomic mass is 16.1. The van der Waals surface area contributed by atoms with Gasteiger partial charge in [0.2, 0.25) is 0 Å². The number of nitrogens with one attached hydrogen (secondary N) is 1. The number of para-hydroxylation sites is 1. The lowest BCUT2D eigenvalue weighted by atomic mass is 9.87. The molecule has 1 N–H and O–H groups in total. The highest BCUT2D eigenvalue weighted by Crippen LogP contribution is 2.24. The lowest BCUT2D eigenvalue weighted by Crippen LogP contribution is -2.14. The van der Waals surface area contributed by atoms with Crippen LogP contribution < -0.4 is 5.32 Å². The van der Waals surface area contributed by atoms with Crippen molar-refractivity contribution in [3.63, 3.8) is 0 Å². The maximum absolute atomic E-state index is 12.3. The third-order valence-electron chi connectivity index (χ3n) is 3.40. The van der Waals surface area contributed by atoms with E-state index in [0.717, 1.165) is 35.2 Å². The summed E-state index contributed by atoms with van der Waals surface area (Å²) in [5.74, 6) is 0.144. The molecule has 0 aromatic heterocycles. The van der Waals surface area contributed by atoms with E-state index in [0.29, 0.717) is 0 Å². The van der Waals surface area contributed by atoms with Crippen LogP contribution in [-0.2, 0) is 6.42 Å². The molecule has 2 aromatic rings. The number of carbonyl (C=O) groups excluding carboxylic acids is 1. The number of rotatable bonds is 2. The van der Waals surface area contributed by atoms with Crippen molar-refractivity contribution >= 4 is 11.5 Å². The number of ketones is 1. The Balaban J connectivity index is 1.82. The molecule has 2 aromatic carbocycles. The van der Waals surface area contributed by atoms with E-state index >= 15 is 0 Å². The van der Waals surface area contributed by atoms with Crippen LogP contribution >= 0.6 is 0 Å². The summed E-state index contributed by atoms with van der Waals surface area (Å²) in [5, 5.41) is 3.19. The molecular weight excluding hydrogens is 234 g/mol. The first kappa shape index (κ1) is 11.7. The Labute approximate surface area is 112 Å². The zero-order chi connectivity index (χ0) is 13.1. The summed E-state index contributed by atoms with van der Waals surface area (Å²) in [5.41, 5.74) is 3.85. The van der Waals surface area contributed by atoms with Gasteiger partial charge in [-0.2, -0.15) is 0 Å². The van der Waals surface area contributed by atoms with E-state index in [1.54, 1.807) is 0 Å². The number of Topliss-reactive ketones (excluding diaryl/α,β-unsaturated/α-hetero) is 1. The van der Waals surface area contributed by atoms with Crippen molar-refractivity contribution in [2.75, 3.05) is 5.32 Å². The van der Waals surface area contributed by atoms with Gasteiger partial charge in [-0.25, -0.2) is 0 Å². The summed E-state index contributed by atoms with van der Waals surface area (Å²) in [4.78, 5) is 12.3. The van der Waals surface area contributed by atoms with E-state index in [1.165, 1.54) is 0 Å². The molecule has 0 bridgehead atoms. The standard InChI is InChI=1S/C17H15NO/c19-17-14(12-18-15-7-2-1-3-8-15)11-10-13-6-4-5-9-16(13)17/h1-9,12,18H,10-11H2/b14-12-. The van der Waals surface area contributed by atoms with E-state index in [-0.39, 0.29) is 5.78 Å². The number of fused-ring (bicyclic) bond motifs is 1. The molecule has 3 rings (SSSR count). The minimum Gasteiger partial charge on any atom is -0.361 e. The summed E-state index contributed by atoms with van der Waals surface area (Å²) in [6.45, 7) is 0. The fourth-order valence-corrected chi connectivity index (χ4v) is 2.36. The van der Waals surface area contributed by atoms with E-state index in [4.69, 9.17) is 0 Å². The first-order valence-corrected chi connectivity index (χ1v) is 6.48. The van der Waals surface area contributed by atoms with Gasteiger partial charge in [-0.1, -0.05) is 42.5 Å². The van der Waals surface area contributed by atoms with Gasteiger partial charge < -0.3 is 5.32 Å². The molecule has 0 aliphatic heterocycles. The zero-order valence-corrected chi connectivity index (χ0v) is 10.6. The van der Waals surface area contributed by atoms with Crippen LogP contribution in [0.5, 0.6) is 0 Å². The SMILES string of the molecule is O=C1/C(=C\Nc2ccccc2)CCc2ccccc21. The fraction of sp³-hybridized carbons (Fsp3) is 0.118. The number of allylic oxidation sites excluding steroid dienone is 1. The minimum atomic E-state index is 0.144. The van der Waals surface area contributed by atoms with Crippen LogP contribution in [0, 0.1) is 0 Å². The molecule has 2 heteroatoms. The van der Waals surface area contributed by atoms with E-state index < -0.39 is 0 Å². The van der Waals surface area contributed by atoms with E-state index in [1.807, 2.05) is 60.8 Å². The number of hydrogen-bond donors (Lipinski definition) is 1. The molecule has 2 nitrogen and oxygen atoms in total. The summed E-state index contributed by atoms with van der Waals surface area (Å²) in [7, 11) is 0. The Kier molecular flexibility index (Phi) is 3.15. The largest absolute Gasteiger partial charge is 0.361 e. The van der Waals surface area contributed by atoms with Crippen LogP contribution in [0.2, 0.25) is 0 Å². The van der Waals surface area contributed by atoms with Crippen molar-refractivity contribution in [1.29, 1.82) is 0 Å². The van der Waals surface area contributed by atoms with Crippen LogP contribution in [0.4, 0.5) is 5.69 Å². The Bertz CT molecular complexity index is 629. The Morgan fingerprint density at radius 1 is 0.895 bits per heavy atom. The molecule has 0 saturated heterocycles. The van der Waals surface area contributed by atoms with Crippen LogP contribution in [0.15, 0.2) is 66.4 Å². The van der Waals surface area contributed by atoms with Crippen molar-refractivity contribution in [2.45, 2.75) is 12.8 Å². The predicted octanol–water partition coefficient (Wildman–Crippen LogP) is 3.81. The highest BCUT2D eigenvalue weighted by molar-refractivity contribution is 6.10. The number of aryl methyl sites for hydroxylation is 1. The fourth-order valence-electron chi connectivity index (χ4n) is 2.36. The summed E-state index contributed by atoms with van der Waals surface area (Å²) in [6.07, 6.45) is 3.58. The maximum atomic E-state index is 12.3. The molecule has 94 valence electrons. The third kappa shape index (κ3) is 2.43. The number of anilines is 1. The van der Waals surface area contributed by atoms with Gasteiger partial charge in [-0.3, -0.25) is 4.79 Å². The molecule has 19 heavy (non-hydrogen) atoms. The highest BCUT2D eigenvalue weighted by Gasteiger charge is 2.20. The average Bonchev–Trinajstić information content (AvgIpc) is 2.48. The smallest absolute Gasteiger partial charge is 0.190 e. The van der Waals surface area contributed by atoms with Gasteiger partial charge in [0.1, 0.15) is 0 Å². The number of benzene rings is 2. The van der Waals surface area contributed by atoms with Gasteiger partial charge in [-0.15, -0.1) is 0 Å². The second-order valence-corrected chi connectivity index (χ2v) is 4.67. The lowest BCUT2D eigenvalue weighted by Gasteiger charge is -2.17. The summed E-state index contributed by atoms with van der Waals surface area (Å²) < 4.78 is 0. The molecule has 0 fully saturated rings. The minimum absolute atomic E-state index is 0.144. The first-order valence-electron chi connectivity index (χ1n) is 6.48. The molecule has 1 aliphatic carbocycles. The summed E-state index contributed by atoms with van der Waals surface area (Å²) in [6, 6.07) is 17.7. The van der Waals surface area contributed by atoms with Crippen LogP contribution in [0.1, 0.15) is 22.3 Å². The monoisotopic (exact) mass is 249 g/mol. The van der Waals surface area contributed by atoms with Gasteiger partial charge in [0.15, 0.2) is 5.78 Å². The molecule has 0 unspecified atom stereocenters. The molecular formula is C17H15NO. The maximum Gasteiger partial charge on any atom is 0.190 e. The second-order valence-electron chi connectivity index (χ2n) is 4.67. The van der Waals surface area contributed by atoms with Gasteiger partial charge in [0.05, 0.1) is 0 Å². The van der Waals surface area contributed by atoms with Crippen molar-refractivity contribution in [2.24, 2.45) is 0 Å². The lowest BCUT2D eigenvalue weighted by molar-refractivity contribution is 0.102. The predicted molar refractivity (Wildman–Crippen MR) is 77.2 cm³/mol. The normalized spacial score (nSPS) is 16.2. The second kappa shape index (κ2) is 5.11. The van der Waals surface area contributed by atoms with E-state index in [9.17, 15) is 4.79 Å². The topological polar surface area (TPSA) is 29.1 Å². The molecule has 0 saturated carbocycles. The van der Waals surface area contributed by atoms with Crippen LogP contribution in [0.3, 0.4) is 0 Å². The van der Waals surface area contributed by atoms with Crippen molar-refractivity contribution in [1.82, 2.24) is 0 Å². The Hall–Kier alpha value is -2.35. The molecule has 0 heterocycles. The Morgan fingerprint density at radius 2 is 1.63 bits per heavy atom. The zero-order valence-electron chi connectivity index (χ0n) is 10.6. The average molecular weight is 249 g/mol. The Morgan fingerprint density at radius 3 is 2.47 bits per heavy atom. The quantitative estimate of drug-likeness (QED) is 0.820. The molecule has 0 amide bonds. The molecule has 0 atom stereocenters. The molecule has 1 aliphatic rings. The van der Waals surface area contributed by atoms with Crippen molar-refractivity contribution < 1.29 is 4.79 Å². The molecule has 0 radical (unpaired) electrons. The van der Waals surface area contributed by atoms with Crippen molar-refractivity contribution in [3.05, 3.63) is 77.5 Å². The van der Waals surface area contributed by atoms with Crippen LogP contribution in [-0.4, -0.2) is 5.78 Å². The van der Waals surface area contributed by atoms with E-state index in [2.05, 4.69) is 5.32 Å². The number of carbonyl (C=O) groups is 1. The first-order chi connectivity index (χ1) is 9.34. The van der Waals surface area contributed by atoms with Crippen molar-refractivity contribution in [3.8, 4) is 0 Å².